The topological polar surface area (TPSA) is 240 Å². The fraction of sp³-hybridized carbons (Fsp3) is 0.423. The Labute approximate surface area is 278 Å². The number of Topliss-reactive ketones (excluding diaryl/α,β-unsaturated/α-hetero) is 1. The summed E-state index contributed by atoms with van der Waals surface area (Å²) in [4.78, 5) is 48.1. The van der Waals surface area contributed by atoms with Crippen LogP contribution in [-0.4, -0.2) is 72.9 Å². The quantitative estimate of drug-likeness (QED) is 0.0703. The zero-order chi connectivity index (χ0) is 35.5. The van der Waals surface area contributed by atoms with Gasteiger partial charge in [0, 0.05) is 17.7 Å². The van der Waals surface area contributed by atoms with E-state index in [0.717, 1.165) is 0 Å². The van der Waals surface area contributed by atoms with Gasteiger partial charge in [-0.3, -0.25) is 28.5 Å². The van der Waals surface area contributed by atoms with Gasteiger partial charge in [-0.15, -0.1) is 0 Å². The normalized spacial score (nSPS) is 14.9. The summed E-state index contributed by atoms with van der Waals surface area (Å²) in [5.41, 5.74) is 3.45. The second-order valence-corrected chi connectivity index (χ2v) is 18.6. The van der Waals surface area contributed by atoms with Gasteiger partial charge in [0.25, 0.3) is 5.02 Å². The largest absolute Gasteiger partial charge is 0.370 e. The zero-order valence-electron chi connectivity index (χ0n) is 26.0. The molecule has 21 heteroatoms. The lowest BCUT2D eigenvalue weighted by molar-refractivity contribution is 0.106. The standard InChI is InChI=1S/C18H28N2O7P2.C8H11NO6P2S/c1-5-24-28(22,25-6-2)18(29(23,26-7-3)27-8-4)14-16(19-20-18)17(21)15-12-10-9-11-13-15;10-16(11,12)8(17(13,14)15)7(18)9-6-4-2-1-3-5-6/h9-13,20H,5-8,14H2,1-4H3;1-5,8H,(H,9,18)(H2,10,11,12)(H2,13,14,15). The number of carbonyl (C=O) groups is 1. The van der Waals surface area contributed by atoms with Gasteiger partial charge < -0.3 is 43.0 Å². The Morgan fingerprint density at radius 1 is 0.809 bits per heavy atom. The van der Waals surface area contributed by atoms with E-state index in [1.54, 1.807) is 88.4 Å². The molecule has 0 saturated carbocycles. The Kier molecular flexibility index (Phi) is 15.5. The van der Waals surface area contributed by atoms with Crippen molar-refractivity contribution in [3.8, 4) is 0 Å². The van der Waals surface area contributed by atoms with E-state index in [1.165, 1.54) is 0 Å². The maximum absolute atomic E-state index is 13.8. The second-order valence-electron chi connectivity index (χ2n) is 9.43. The molecule has 2 aromatic rings. The molecule has 2 aromatic carbocycles. The van der Waals surface area contributed by atoms with Crippen LogP contribution in [0, 0.1) is 0 Å². The van der Waals surface area contributed by atoms with Crippen LogP contribution in [0.25, 0.3) is 0 Å². The molecule has 0 bridgehead atoms. The number of nitrogens with zero attached hydrogens (tertiary/aromatic N) is 1. The van der Waals surface area contributed by atoms with Gasteiger partial charge in [0.2, 0.25) is 11.2 Å². The lowest BCUT2D eigenvalue weighted by Gasteiger charge is -2.38. The number of hydrogen-bond acceptors (Lipinski definition) is 12. The van der Waals surface area contributed by atoms with Crippen molar-refractivity contribution >= 4 is 64.8 Å². The van der Waals surface area contributed by atoms with E-state index >= 15 is 0 Å². The molecule has 16 nitrogen and oxygen atoms in total. The predicted molar refractivity (Wildman–Crippen MR) is 181 cm³/mol. The summed E-state index contributed by atoms with van der Waals surface area (Å²) in [7, 11) is -18.4. The number of nitrogens with one attached hydrogen (secondary N) is 2. The zero-order valence-corrected chi connectivity index (χ0v) is 30.4. The summed E-state index contributed by atoms with van der Waals surface area (Å²) in [5, 5.41) is 2.19. The summed E-state index contributed by atoms with van der Waals surface area (Å²) in [6.07, 6.45) is -0.296. The van der Waals surface area contributed by atoms with Crippen molar-refractivity contribution < 1.29 is 60.7 Å². The molecule has 6 N–H and O–H groups in total. The molecule has 262 valence electrons. The van der Waals surface area contributed by atoms with Crippen LogP contribution in [0.15, 0.2) is 65.8 Å². The monoisotopic (exact) mass is 757 g/mol. The van der Waals surface area contributed by atoms with E-state index in [0.29, 0.717) is 11.3 Å². The molecule has 0 saturated heterocycles. The van der Waals surface area contributed by atoms with Crippen LogP contribution in [0.1, 0.15) is 44.5 Å². The highest BCUT2D eigenvalue weighted by molar-refractivity contribution is 7.85. The lowest BCUT2D eigenvalue weighted by atomic mass is 10.1. The van der Waals surface area contributed by atoms with Gasteiger partial charge in [-0.1, -0.05) is 60.7 Å². The Balaban J connectivity index is 0.000000366. The molecule has 0 radical (unpaired) electrons. The van der Waals surface area contributed by atoms with Gasteiger partial charge in [-0.05, 0) is 39.8 Å². The molecule has 0 aromatic heterocycles. The molecule has 3 rings (SSSR count). The molecule has 0 amide bonds. The van der Waals surface area contributed by atoms with Crippen LogP contribution in [-0.2, 0) is 36.4 Å². The minimum atomic E-state index is -5.06. The van der Waals surface area contributed by atoms with Crippen LogP contribution in [0.4, 0.5) is 5.69 Å². The van der Waals surface area contributed by atoms with Crippen molar-refractivity contribution in [2.45, 2.75) is 44.5 Å². The number of carbonyl (C=O) groups excluding carboxylic acids is 1. The number of hydrogen-bond donors (Lipinski definition) is 6. The highest BCUT2D eigenvalue weighted by atomic mass is 32.1. The molecule has 1 aliphatic rings. The Morgan fingerprint density at radius 3 is 1.60 bits per heavy atom. The second kappa shape index (κ2) is 17.6. The summed E-state index contributed by atoms with van der Waals surface area (Å²) >= 11 is 4.66. The van der Waals surface area contributed by atoms with Gasteiger partial charge in [0.1, 0.15) is 10.7 Å². The molecule has 0 unspecified atom stereocenters. The summed E-state index contributed by atoms with van der Waals surface area (Å²) in [6.45, 7) is 6.66. The number of para-hydroxylation sites is 1. The molecular formula is C26H39N3O13P4S. The van der Waals surface area contributed by atoms with E-state index in [9.17, 15) is 23.1 Å². The predicted octanol–water partition coefficient (Wildman–Crippen LogP) is 5.51. The SMILES string of the molecule is CCOP(=O)(OCC)C1(P(=O)(OCC)OCC)CC(C(=O)c2ccccc2)=NN1.O=P(O)(O)C(C(=S)Nc1ccccc1)P(=O)(O)O. The fourth-order valence-electron chi connectivity index (χ4n) is 4.23. The van der Waals surface area contributed by atoms with Crippen molar-refractivity contribution in [3.05, 3.63) is 66.2 Å². The van der Waals surface area contributed by atoms with Crippen LogP contribution >= 0.6 is 42.6 Å². The van der Waals surface area contributed by atoms with Crippen LogP contribution in [0.5, 0.6) is 0 Å². The van der Waals surface area contributed by atoms with E-state index in [2.05, 4.69) is 28.1 Å². The smallest absolute Gasteiger partial charge is 0.349 e. The average Bonchev–Trinajstić information content (AvgIpc) is 3.45. The molecule has 47 heavy (non-hydrogen) atoms. The highest BCUT2D eigenvalue weighted by Gasteiger charge is 2.68. The molecule has 0 aliphatic carbocycles. The first-order valence-electron chi connectivity index (χ1n) is 14.1. The van der Waals surface area contributed by atoms with Crippen molar-refractivity contribution in [3.63, 3.8) is 0 Å². The van der Waals surface area contributed by atoms with Gasteiger partial charge in [-0.25, -0.2) is 0 Å². The third-order valence-corrected chi connectivity index (χ3v) is 16.6. The van der Waals surface area contributed by atoms with Crippen molar-refractivity contribution in [1.29, 1.82) is 0 Å². The third kappa shape index (κ3) is 10.3. The molecule has 0 atom stereocenters. The maximum atomic E-state index is 13.8. The van der Waals surface area contributed by atoms with Gasteiger partial charge in [-0.2, -0.15) is 5.10 Å². The summed E-state index contributed by atoms with van der Waals surface area (Å²) < 4.78 is 71.7. The van der Waals surface area contributed by atoms with Crippen LogP contribution < -0.4 is 10.7 Å². The number of thiocarbonyl (C=S) groups is 1. The number of benzene rings is 2. The first-order chi connectivity index (χ1) is 21.9. The van der Waals surface area contributed by atoms with E-state index in [1.807, 2.05) is 0 Å². The van der Waals surface area contributed by atoms with Crippen molar-refractivity contribution in [2.24, 2.45) is 5.10 Å². The van der Waals surface area contributed by atoms with E-state index < -0.39 is 45.8 Å². The minimum absolute atomic E-state index is 0.0287. The van der Waals surface area contributed by atoms with Gasteiger partial charge >= 0.3 is 30.4 Å². The maximum Gasteiger partial charge on any atom is 0.370 e. The molecule has 0 spiro atoms. The third-order valence-electron chi connectivity index (χ3n) is 6.10. The summed E-state index contributed by atoms with van der Waals surface area (Å²) in [5.74, 6) is -0.390. The molecular weight excluding hydrogens is 718 g/mol. The van der Waals surface area contributed by atoms with Gasteiger partial charge in [0.05, 0.1) is 26.4 Å². The summed E-state index contributed by atoms with van der Waals surface area (Å²) in [6, 6.07) is 16.6. The van der Waals surface area contributed by atoms with Crippen LogP contribution in [0.3, 0.4) is 0 Å². The molecule has 1 aliphatic heterocycles. The van der Waals surface area contributed by atoms with Crippen LogP contribution in [0.2, 0.25) is 0 Å². The number of hydrazone groups is 1. The number of ketones is 1. The van der Waals surface area contributed by atoms with E-state index in [4.69, 9.17) is 37.7 Å². The van der Waals surface area contributed by atoms with Crippen molar-refractivity contribution in [1.82, 2.24) is 5.43 Å². The minimum Gasteiger partial charge on any atom is -0.349 e. The Hall–Kier alpha value is -1.93. The average molecular weight is 758 g/mol. The fourth-order valence-corrected chi connectivity index (χ4v) is 12.8. The molecule has 0 fully saturated rings. The number of rotatable bonds is 16. The van der Waals surface area contributed by atoms with E-state index in [-0.39, 0.29) is 44.3 Å². The first kappa shape index (κ1) is 41.2. The highest BCUT2D eigenvalue weighted by Crippen LogP contribution is 2.78. The Bertz CT molecular complexity index is 1510. The molecule has 1 heterocycles. The first-order valence-corrected chi connectivity index (χ1v) is 21.0. The lowest BCUT2D eigenvalue weighted by Crippen LogP contribution is -2.42. The number of anilines is 1. The van der Waals surface area contributed by atoms with Crippen molar-refractivity contribution in [2.75, 3.05) is 31.7 Å². The van der Waals surface area contributed by atoms with Gasteiger partial charge in [0.15, 0.2) is 0 Å². The Morgan fingerprint density at radius 2 is 1.21 bits per heavy atom.